The molecule has 3 unspecified atom stereocenters. The van der Waals surface area contributed by atoms with Gasteiger partial charge in [-0.05, 0) is 58.4 Å². The van der Waals surface area contributed by atoms with Crippen molar-refractivity contribution in [1.82, 2.24) is 10.2 Å². The molecule has 0 spiro atoms. The largest absolute Gasteiger partial charge is 0.847 e. The fourth-order valence-electron chi connectivity index (χ4n) is 6.27. The number of ether oxygens (including phenoxy) is 1. The van der Waals surface area contributed by atoms with E-state index in [1.165, 1.54) is 39.0 Å². The third-order valence-electron chi connectivity index (χ3n) is 9.60. The maximum Gasteiger partial charge on any atom is 0.317 e. The van der Waals surface area contributed by atoms with E-state index >= 15 is 0 Å². The normalized spacial score (nSPS) is 32.8. The van der Waals surface area contributed by atoms with Crippen LogP contribution in [0.2, 0.25) is 0 Å². The lowest BCUT2D eigenvalue weighted by atomic mass is 9.85. The number of nitrogens with two attached hydrogens (primary N) is 1. The Morgan fingerprint density at radius 3 is 2.13 bits per heavy atom. The molecule has 1 rings (SSSR count). The molecule has 0 radical (unpaired) electrons. The van der Waals surface area contributed by atoms with Gasteiger partial charge in [0.25, 0.3) is 0 Å². The van der Waals surface area contributed by atoms with Gasteiger partial charge in [-0.2, -0.15) is 0 Å². The molecule has 1 heterocycles. The number of aliphatic hydroxyl groups is 3. The quantitative estimate of drug-likeness (QED) is 0.0942. The standard InChI is InChI=1S/C34H66N3O8/c1-6-28-33(43)32(42)26(5)37(20-16-19-36-29(39)17-14-12-10-8-7-9-11-13-15-18-35)22-23(2)21-27(38)31(41)24(3)30(40)25(4)34(44)45-28/h23-28,30-33,38,40-42H,6-22,35H2,1-5H3,(H,36,39)/q-1/p+1/t23-,24+,25+,26+,27+,28?,30?,31?,32+,33+/m0/s1. The molecule has 45 heavy (non-hydrogen) atoms. The SMILES string of the molecule is CCC1OC(=O)[C@H](C)C([OH2+])[C@@H](C)C(O)[C@H](O)C[C@H](C)CN(CCCNC(=O)CCCCCCCCCCCN)[C@H](C)[C@@H](O)[C@@H]1[O-]. The maximum absolute atomic E-state index is 13.4. The van der Waals surface area contributed by atoms with Crippen LogP contribution in [0.4, 0.5) is 0 Å². The zero-order valence-electron chi connectivity index (χ0n) is 28.8. The molecule has 0 bridgehead atoms. The Morgan fingerprint density at radius 1 is 0.978 bits per heavy atom. The van der Waals surface area contributed by atoms with Crippen molar-refractivity contribution in [3.05, 3.63) is 0 Å². The summed E-state index contributed by atoms with van der Waals surface area (Å²) in [4.78, 5) is 27.2. The number of rotatable bonds is 16. The fourth-order valence-corrected chi connectivity index (χ4v) is 6.27. The Kier molecular flexibility index (Phi) is 21.4. The number of nitrogens with zero attached hydrogens (tertiary/aromatic N) is 1. The van der Waals surface area contributed by atoms with Gasteiger partial charge in [0.05, 0.1) is 30.3 Å². The van der Waals surface area contributed by atoms with Crippen LogP contribution in [0.5, 0.6) is 0 Å². The summed E-state index contributed by atoms with van der Waals surface area (Å²) in [6.45, 7) is 10.8. The molecule has 1 saturated heterocycles. The number of amides is 1. The van der Waals surface area contributed by atoms with Crippen molar-refractivity contribution in [2.24, 2.45) is 23.5 Å². The Balaban J connectivity index is 2.73. The predicted molar refractivity (Wildman–Crippen MR) is 175 cm³/mol. The Morgan fingerprint density at radius 2 is 1.56 bits per heavy atom. The molecular formula is C34H67N3O8. The molecule has 0 saturated carbocycles. The van der Waals surface area contributed by atoms with Gasteiger partial charge in [0.2, 0.25) is 5.91 Å². The van der Waals surface area contributed by atoms with Crippen molar-refractivity contribution < 1.29 is 39.9 Å². The highest BCUT2D eigenvalue weighted by Gasteiger charge is 2.40. The van der Waals surface area contributed by atoms with Gasteiger partial charge in [0, 0.05) is 32.1 Å². The molecule has 0 aliphatic carbocycles. The minimum atomic E-state index is -1.59. The average Bonchev–Trinajstić information content (AvgIpc) is 3.02. The van der Waals surface area contributed by atoms with Crippen molar-refractivity contribution in [3.8, 4) is 0 Å². The molecule has 1 fully saturated rings. The molecule has 0 aromatic rings. The van der Waals surface area contributed by atoms with Gasteiger partial charge >= 0.3 is 5.97 Å². The highest BCUT2D eigenvalue weighted by Crippen LogP contribution is 2.25. The number of esters is 1. The smallest absolute Gasteiger partial charge is 0.317 e. The first-order valence-electron chi connectivity index (χ1n) is 17.7. The number of aliphatic hydroxyl groups excluding tert-OH is 3. The lowest BCUT2D eigenvalue weighted by Gasteiger charge is -2.42. The molecule has 10 atom stereocenters. The molecule has 11 heteroatoms. The van der Waals surface area contributed by atoms with Crippen molar-refractivity contribution in [2.75, 3.05) is 26.2 Å². The Labute approximate surface area is 272 Å². The Bertz CT molecular complexity index is 805. The molecule has 8 N–H and O–H groups in total. The number of nitrogens with one attached hydrogen (secondary N) is 1. The van der Waals surface area contributed by atoms with Gasteiger partial charge in [-0.15, -0.1) is 0 Å². The third-order valence-corrected chi connectivity index (χ3v) is 9.60. The van der Waals surface area contributed by atoms with Crippen molar-refractivity contribution >= 4 is 11.9 Å². The molecule has 266 valence electrons. The number of carbonyl (C=O) groups is 2. The monoisotopic (exact) mass is 645 g/mol. The maximum atomic E-state index is 13.4. The molecule has 1 amide bonds. The van der Waals surface area contributed by atoms with Gasteiger partial charge < -0.3 is 41.3 Å². The lowest BCUT2D eigenvalue weighted by molar-refractivity contribution is -0.457. The summed E-state index contributed by atoms with van der Waals surface area (Å²) in [7, 11) is 0. The van der Waals surface area contributed by atoms with Crippen LogP contribution in [-0.2, 0) is 14.3 Å². The van der Waals surface area contributed by atoms with Gasteiger partial charge in [0.1, 0.15) is 5.92 Å². The number of unbranched alkanes of at least 4 members (excludes halogenated alkanes) is 8. The van der Waals surface area contributed by atoms with E-state index in [9.17, 15) is 30.0 Å². The summed E-state index contributed by atoms with van der Waals surface area (Å²) in [5.41, 5.74) is 5.53. The molecule has 1 aliphatic rings. The van der Waals surface area contributed by atoms with Gasteiger partial charge in [0.15, 0.2) is 6.10 Å². The first-order valence-corrected chi connectivity index (χ1v) is 17.7. The van der Waals surface area contributed by atoms with Gasteiger partial charge in [-0.1, -0.05) is 71.8 Å². The second-order valence-electron chi connectivity index (χ2n) is 13.6. The predicted octanol–water partition coefficient (Wildman–Crippen LogP) is 1.58. The van der Waals surface area contributed by atoms with Gasteiger partial charge in [-0.3, -0.25) is 14.5 Å². The van der Waals surface area contributed by atoms with E-state index in [0.29, 0.717) is 32.5 Å². The molecule has 1 aliphatic heterocycles. The summed E-state index contributed by atoms with van der Waals surface area (Å²) in [6.07, 6.45) is 4.54. The summed E-state index contributed by atoms with van der Waals surface area (Å²) in [5, 5.41) is 57.6. The van der Waals surface area contributed by atoms with E-state index in [0.717, 1.165) is 32.2 Å². The fraction of sp³-hybridized carbons (Fsp3) is 0.941. The van der Waals surface area contributed by atoms with Gasteiger partial charge in [-0.25, -0.2) is 0 Å². The third kappa shape index (κ3) is 15.4. The molecular weight excluding hydrogens is 578 g/mol. The van der Waals surface area contributed by atoms with Crippen LogP contribution < -0.4 is 16.2 Å². The zero-order valence-corrected chi connectivity index (χ0v) is 28.8. The van der Waals surface area contributed by atoms with Crippen molar-refractivity contribution in [2.45, 2.75) is 161 Å². The minimum Gasteiger partial charge on any atom is -0.847 e. The second-order valence-corrected chi connectivity index (χ2v) is 13.6. The van der Waals surface area contributed by atoms with E-state index in [1.807, 2.05) is 11.8 Å². The minimum absolute atomic E-state index is 0.0238. The van der Waals surface area contributed by atoms with Crippen LogP contribution in [0.1, 0.15) is 118 Å². The Hall–Kier alpha value is -1.34. The van der Waals surface area contributed by atoms with Crippen LogP contribution in [-0.4, -0.2) is 106 Å². The van der Waals surface area contributed by atoms with E-state index in [-0.39, 0.29) is 24.7 Å². The highest BCUT2D eigenvalue weighted by molar-refractivity contribution is 5.75. The summed E-state index contributed by atoms with van der Waals surface area (Å²) in [5.74, 6) is -2.43. The first kappa shape index (κ1) is 41.7. The first-order chi connectivity index (χ1) is 21.3. The number of cyclic esters (lactones) is 1. The van der Waals surface area contributed by atoms with Crippen LogP contribution in [0.15, 0.2) is 0 Å². The average molecular weight is 646 g/mol. The zero-order chi connectivity index (χ0) is 33.9. The summed E-state index contributed by atoms with van der Waals surface area (Å²) in [6, 6.07) is -0.577. The van der Waals surface area contributed by atoms with E-state index < -0.39 is 60.5 Å². The summed E-state index contributed by atoms with van der Waals surface area (Å²) >= 11 is 0. The van der Waals surface area contributed by atoms with Crippen LogP contribution in [0.25, 0.3) is 0 Å². The molecule has 0 aromatic heterocycles. The van der Waals surface area contributed by atoms with Crippen LogP contribution >= 0.6 is 0 Å². The number of hydrogen-bond donors (Lipinski definition) is 5. The van der Waals surface area contributed by atoms with Crippen LogP contribution in [0.3, 0.4) is 0 Å². The van der Waals surface area contributed by atoms with E-state index in [2.05, 4.69) is 5.32 Å². The number of carbonyl (C=O) groups excluding carboxylic acids is 2. The highest BCUT2D eigenvalue weighted by atomic mass is 16.6. The number of hydrogen-bond acceptors (Lipinski definition) is 9. The molecule has 11 nitrogen and oxygen atoms in total. The summed E-state index contributed by atoms with van der Waals surface area (Å²) < 4.78 is 5.51. The van der Waals surface area contributed by atoms with E-state index in [1.54, 1.807) is 20.8 Å². The lowest BCUT2D eigenvalue weighted by Crippen LogP contribution is -2.58. The van der Waals surface area contributed by atoms with Crippen molar-refractivity contribution in [1.29, 1.82) is 0 Å². The van der Waals surface area contributed by atoms with Crippen LogP contribution in [0, 0.1) is 17.8 Å². The van der Waals surface area contributed by atoms with Crippen molar-refractivity contribution in [3.63, 3.8) is 0 Å². The molecule has 0 aromatic carbocycles. The van der Waals surface area contributed by atoms with E-state index in [4.69, 9.17) is 15.6 Å². The topological polar surface area (TPSA) is 191 Å². The second kappa shape index (κ2) is 23.1.